The molecule has 0 saturated heterocycles. The number of nitrogens with zero attached hydrogens (tertiary/aromatic N) is 2. The Morgan fingerprint density at radius 2 is 1.44 bits per heavy atom. The Morgan fingerprint density at radius 3 is 2.16 bits per heavy atom. The van der Waals surface area contributed by atoms with Crippen LogP contribution >= 0.6 is 0 Å². The Labute approximate surface area is 144 Å². The van der Waals surface area contributed by atoms with Crippen molar-refractivity contribution in [3.63, 3.8) is 0 Å². The van der Waals surface area contributed by atoms with E-state index in [2.05, 4.69) is 18.2 Å². The number of pyridine rings is 1. The third-order valence-electron chi connectivity index (χ3n) is 4.17. The van der Waals surface area contributed by atoms with Gasteiger partial charge in [-0.3, -0.25) is 10.1 Å². The number of aromatic nitrogens is 1. The van der Waals surface area contributed by atoms with Gasteiger partial charge in [0.05, 0.1) is 16.1 Å². The Kier molecular flexibility index (Phi) is 3.71. The molecule has 0 bridgehead atoms. The molecular weight excluding hydrogens is 312 g/mol. The van der Waals surface area contributed by atoms with Gasteiger partial charge >= 0.3 is 0 Å². The van der Waals surface area contributed by atoms with Crippen LogP contribution in [0.25, 0.3) is 33.3 Å². The van der Waals surface area contributed by atoms with Crippen molar-refractivity contribution < 1.29 is 4.92 Å². The molecule has 0 aliphatic heterocycles. The van der Waals surface area contributed by atoms with E-state index in [4.69, 9.17) is 4.98 Å². The van der Waals surface area contributed by atoms with Crippen molar-refractivity contribution in [2.75, 3.05) is 0 Å². The fourth-order valence-corrected chi connectivity index (χ4v) is 2.93. The summed E-state index contributed by atoms with van der Waals surface area (Å²) in [6, 6.07) is 26.7. The van der Waals surface area contributed by atoms with E-state index in [-0.39, 0.29) is 5.69 Å². The molecule has 0 N–H and O–H groups in total. The summed E-state index contributed by atoms with van der Waals surface area (Å²) in [7, 11) is 0. The molecule has 3 aromatic carbocycles. The first-order valence-corrected chi connectivity index (χ1v) is 7.92. The van der Waals surface area contributed by atoms with Gasteiger partial charge in [-0.1, -0.05) is 48.5 Å². The molecule has 4 aromatic rings. The number of nitro benzene ring substituents is 1. The Morgan fingerprint density at radius 1 is 0.760 bits per heavy atom. The fourth-order valence-electron chi connectivity index (χ4n) is 2.93. The van der Waals surface area contributed by atoms with Crippen molar-refractivity contribution in [2.45, 2.75) is 0 Å². The topological polar surface area (TPSA) is 56.0 Å². The van der Waals surface area contributed by atoms with Crippen molar-refractivity contribution in [2.24, 2.45) is 0 Å². The Balaban J connectivity index is 1.92. The average Bonchev–Trinajstić information content (AvgIpc) is 2.68. The maximum atomic E-state index is 10.9. The van der Waals surface area contributed by atoms with E-state index in [0.717, 1.165) is 33.3 Å². The Bertz CT molecular complexity index is 1060. The van der Waals surface area contributed by atoms with Gasteiger partial charge in [0.25, 0.3) is 5.69 Å². The third-order valence-corrected chi connectivity index (χ3v) is 4.17. The summed E-state index contributed by atoms with van der Waals surface area (Å²) in [5.41, 5.74) is 4.84. The summed E-state index contributed by atoms with van der Waals surface area (Å²) in [6.45, 7) is 0. The molecule has 4 heteroatoms. The molecule has 0 radical (unpaired) electrons. The van der Waals surface area contributed by atoms with E-state index in [1.54, 1.807) is 12.1 Å². The lowest BCUT2D eigenvalue weighted by Gasteiger charge is -2.10. The number of benzene rings is 3. The fraction of sp³-hybridized carbons (Fsp3) is 0. The monoisotopic (exact) mass is 326 g/mol. The van der Waals surface area contributed by atoms with Crippen molar-refractivity contribution in [1.82, 2.24) is 4.98 Å². The molecule has 0 saturated carbocycles. The second-order valence-electron chi connectivity index (χ2n) is 5.74. The van der Waals surface area contributed by atoms with Crippen LogP contribution in [0.1, 0.15) is 0 Å². The van der Waals surface area contributed by atoms with E-state index in [0.29, 0.717) is 0 Å². The quantitative estimate of drug-likeness (QED) is 0.370. The highest BCUT2D eigenvalue weighted by Crippen LogP contribution is 2.32. The molecule has 0 atom stereocenters. The Hall–Kier alpha value is -3.53. The lowest BCUT2D eigenvalue weighted by Crippen LogP contribution is -1.91. The second-order valence-corrected chi connectivity index (χ2v) is 5.74. The van der Waals surface area contributed by atoms with Crippen LogP contribution in [0.3, 0.4) is 0 Å². The predicted molar refractivity (Wildman–Crippen MR) is 99.3 cm³/mol. The van der Waals surface area contributed by atoms with Crippen LogP contribution in [0, 0.1) is 10.1 Å². The molecule has 0 spiro atoms. The van der Waals surface area contributed by atoms with Crippen LogP contribution in [0.4, 0.5) is 5.69 Å². The van der Waals surface area contributed by atoms with E-state index in [9.17, 15) is 10.1 Å². The molecular formula is C21H14N2O2. The smallest absolute Gasteiger partial charge is 0.258 e. The van der Waals surface area contributed by atoms with Gasteiger partial charge in [0.1, 0.15) is 0 Å². The van der Waals surface area contributed by atoms with Crippen molar-refractivity contribution in [3.8, 4) is 22.4 Å². The first-order valence-electron chi connectivity index (χ1n) is 7.92. The summed E-state index contributed by atoms with van der Waals surface area (Å²) in [5.74, 6) is 0. The number of hydrogen-bond donors (Lipinski definition) is 0. The van der Waals surface area contributed by atoms with Crippen LogP contribution in [0.5, 0.6) is 0 Å². The molecule has 0 amide bonds. The van der Waals surface area contributed by atoms with Gasteiger partial charge in [-0.25, -0.2) is 4.98 Å². The lowest BCUT2D eigenvalue weighted by atomic mass is 9.98. The van der Waals surface area contributed by atoms with Crippen LogP contribution < -0.4 is 0 Å². The third kappa shape index (κ3) is 2.85. The minimum absolute atomic E-state index is 0.0767. The first-order chi connectivity index (χ1) is 12.2. The van der Waals surface area contributed by atoms with E-state index in [1.807, 2.05) is 42.5 Å². The number of nitro groups is 1. The van der Waals surface area contributed by atoms with Gasteiger partial charge in [-0.05, 0) is 35.4 Å². The number of non-ortho nitro benzene ring substituents is 1. The summed E-state index contributed by atoms with van der Waals surface area (Å²) in [5, 5.41) is 11.9. The van der Waals surface area contributed by atoms with Crippen LogP contribution in [0.15, 0.2) is 84.9 Å². The van der Waals surface area contributed by atoms with Gasteiger partial charge in [-0.15, -0.1) is 0 Å². The van der Waals surface area contributed by atoms with E-state index >= 15 is 0 Å². The van der Waals surface area contributed by atoms with Crippen molar-refractivity contribution in [3.05, 3.63) is 95.0 Å². The maximum Gasteiger partial charge on any atom is 0.269 e. The number of hydrogen-bond acceptors (Lipinski definition) is 3. The van der Waals surface area contributed by atoms with Crippen molar-refractivity contribution >= 4 is 16.6 Å². The van der Waals surface area contributed by atoms with Gasteiger partial charge < -0.3 is 0 Å². The van der Waals surface area contributed by atoms with Gasteiger partial charge in [0, 0.05) is 23.1 Å². The zero-order chi connectivity index (χ0) is 17.2. The molecule has 25 heavy (non-hydrogen) atoms. The molecule has 0 aliphatic carbocycles. The molecule has 120 valence electrons. The molecule has 4 rings (SSSR count). The van der Waals surface area contributed by atoms with Gasteiger partial charge in [0.2, 0.25) is 0 Å². The van der Waals surface area contributed by atoms with Gasteiger partial charge in [-0.2, -0.15) is 0 Å². The van der Waals surface area contributed by atoms with E-state index < -0.39 is 4.92 Å². The summed E-state index contributed by atoms with van der Waals surface area (Å²) >= 11 is 0. The number of para-hydroxylation sites is 1. The number of rotatable bonds is 3. The normalized spacial score (nSPS) is 10.7. The standard InChI is InChI=1S/C21H14N2O2/c24-23(25)17-12-10-16(11-13-17)21-14-19(15-6-2-1-3-7-15)18-8-4-5-9-20(18)22-21/h1-14H. The van der Waals surface area contributed by atoms with Crippen molar-refractivity contribution in [1.29, 1.82) is 0 Å². The minimum atomic E-state index is -0.396. The second kappa shape index (κ2) is 6.17. The average molecular weight is 326 g/mol. The van der Waals surface area contributed by atoms with Crippen LogP contribution in [-0.2, 0) is 0 Å². The lowest BCUT2D eigenvalue weighted by molar-refractivity contribution is -0.384. The summed E-state index contributed by atoms with van der Waals surface area (Å²) < 4.78 is 0. The van der Waals surface area contributed by atoms with E-state index in [1.165, 1.54) is 12.1 Å². The molecule has 0 fully saturated rings. The zero-order valence-electron chi connectivity index (χ0n) is 13.3. The van der Waals surface area contributed by atoms with Crippen LogP contribution in [-0.4, -0.2) is 9.91 Å². The van der Waals surface area contributed by atoms with Crippen LogP contribution in [0.2, 0.25) is 0 Å². The molecule has 1 heterocycles. The van der Waals surface area contributed by atoms with Gasteiger partial charge in [0.15, 0.2) is 0 Å². The summed E-state index contributed by atoms with van der Waals surface area (Å²) in [4.78, 5) is 15.2. The SMILES string of the molecule is O=[N+]([O-])c1ccc(-c2cc(-c3ccccc3)c3ccccc3n2)cc1. The predicted octanol–water partition coefficient (Wildman–Crippen LogP) is 5.48. The highest BCUT2D eigenvalue weighted by molar-refractivity contribution is 5.96. The highest BCUT2D eigenvalue weighted by Gasteiger charge is 2.10. The minimum Gasteiger partial charge on any atom is -0.258 e. The molecule has 0 aliphatic rings. The summed E-state index contributed by atoms with van der Waals surface area (Å²) in [6.07, 6.45) is 0. The molecule has 1 aromatic heterocycles. The number of fused-ring (bicyclic) bond motifs is 1. The maximum absolute atomic E-state index is 10.9. The first kappa shape index (κ1) is 15.0. The highest BCUT2D eigenvalue weighted by atomic mass is 16.6. The zero-order valence-corrected chi connectivity index (χ0v) is 13.3. The molecule has 0 unspecified atom stereocenters. The largest absolute Gasteiger partial charge is 0.269 e. The molecule has 4 nitrogen and oxygen atoms in total.